The highest BCUT2D eigenvalue weighted by molar-refractivity contribution is 7.89. The largest absolute Gasteiger partial charge is 0.495 e. The van der Waals surface area contributed by atoms with Crippen LogP contribution in [0.3, 0.4) is 0 Å². The Morgan fingerprint density at radius 1 is 1.07 bits per heavy atom. The molecule has 0 aromatic heterocycles. The Hall–Kier alpha value is -2.38. The Kier molecular flexibility index (Phi) is 5.84. The lowest BCUT2D eigenvalue weighted by atomic mass is 10.0. The number of aryl methyl sites for hydroxylation is 1. The summed E-state index contributed by atoms with van der Waals surface area (Å²) in [5.41, 5.74) is 2.40. The first-order chi connectivity index (χ1) is 14.4. The summed E-state index contributed by atoms with van der Waals surface area (Å²) in [5, 5.41) is 0. The molecule has 160 valence electrons. The summed E-state index contributed by atoms with van der Waals surface area (Å²) in [6, 6.07) is 12.5. The van der Waals surface area contributed by atoms with Crippen LogP contribution in [-0.4, -0.2) is 44.9 Å². The molecule has 2 aromatic rings. The molecule has 1 unspecified atom stereocenters. The predicted octanol–water partition coefficient (Wildman–Crippen LogP) is 3.85. The number of amides is 1. The molecule has 2 aliphatic heterocycles. The van der Waals surface area contributed by atoms with E-state index in [0.29, 0.717) is 18.7 Å². The summed E-state index contributed by atoms with van der Waals surface area (Å²) in [6.07, 6.45) is 4.53. The van der Waals surface area contributed by atoms with Crippen LogP contribution in [0.5, 0.6) is 5.75 Å². The number of hydrogen-bond donors (Lipinski definition) is 0. The maximum absolute atomic E-state index is 13.4. The van der Waals surface area contributed by atoms with Crippen molar-refractivity contribution in [2.75, 3.05) is 25.1 Å². The van der Waals surface area contributed by atoms with E-state index in [1.54, 1.807) is 21.3 Å². The molecule has 2 aromatic carbocycles. The van der Waals surface area contributed by atoms with Crippen molar-refractivity contribution in [3.05, 3.63) is 53.6 Å². The highest BCUT2D eigenvalue weighted by Gasteiger charge is 2.34. The summed E-state index contributed by atoms with van der Waals surface area (Å²) in [5.74, 6) is 0.0799. The molecule has 0 radical (unpaired) electrons. The zero-order chi connectivity index (χ0) is 21.3. The van der Waals surface area contributed by atoms with Crippen LogP contribution in [0, 0.1) is 0 Å². The van der Waals surface area contributed by atoms with Gasteiger partial charge < -0.3 is 9.64 Å². The summed E-state index contributed by atoms with van der Waals surface area (Å²) in [7, 11) is -2.31. The Labute approximate surface area is 178 Å². The molecule has 0 N–H and O–H groups in total. The topological polar surface area (TPSA) is 66.9 Å². The summed E-state index contributed by atoms with van der Waals surface area (Å²) in [4.78, 5) is 15.2. The lowest BCUT2D eigenvalue weighted by Crippen LogP contribution is -2.42. The van der Waals surface area contributed by atoms with Gasteiger partial charge in [-0.1, -0.05) is 24.6 Å². The van der Waals surface area contributed by atoms with Gasteiger partial charge in [0.1, 0.15) is 10.6 Å². The SMILES string of the molecule is COc1ccc(C(=O)N2CCCc3ccccc32)cc1S(=O)(=O)N1CCCCC1C. The van der Waals surface area contributed by atoms with Crippen LogP contribution < -0.4 is 9.64 Å². The molecular formula is C23H28N2O4S. The van der Waals surface area contributed by atoms with E-state index in [1.165, 1.54) is 13.2 Å². The zero-order valence-corrected chi connectivity index (χ0v) is 18.3. The number of fused-ring (bicyclic) bond motifs is 1. The van der Waals surface area contributed by atoms with Crippen LogP contribution in [0.4, 0.5) is 5.69 Å². The summed E-state index contributed by atoms with van der Waals surface area (Å²) in [6.45, 7) is 3.04. The number of benzene rings is 2. The van der Waals surface area contributed by atoms with Gasteiger partial charge in [0.25, 0.3) is 5.91 Å². The molecule has 6 nitrogen and oxygen atoms in total. The van der Waals surface area contributed by atoms with Crippen molar-refractivity contribution in [1.29, 1.82) is 0 Å². The number of anilines is 1. The first-order valence-electron chi connectivity index (χ1n) is 10.5. The number of hydrogen-bond acceptors (Lipinski definition) is 4. The number of para-hydroxylation sites is 1. The molecule has 0 aliphatic carbocycles. The van der Waals surface area contributed by atoms with E-state index >= 15 is 0 Å². The number of sulfonamides is 1. The highest BCUT2D eigenvalue weighted by atomic mass is 32.2. The van der Waals surface area contributed by atoms with Crippen molar-refractivity contribution in [3.8, 4) is 5.75 Å². The minimum atomic E-state index is -3.76. The molecule has 1 amide bonds. The predicted molar refractivity (Wildman–Crippen MR) is 117 cm³/mol. The standard InChI is InChI=1S/C23H28N2O4S/c1-17-8-5-6-15-25(17)30(27,28)22-16-19(12-13-21(22)29-2)23(26)24-14-7-10-18-9-3-4-11-20(18)24/h3-4,9,11-13,16-17H,5-8,10,14-15H2,1-2H3. The van der Waals surface area contributed by atoms with Gasteiger partial charge in [0.2, 0.25) is 10.0 Å². The summed E-state index contributed by atoms with van der Waals surface area (Å²) >= 11 is 0. The number of carbonyl (C=O) groups is 1. The molecule has 30 heavy (non-hydrogen) atoms. The molecule has 2 aliphatic rings. The van der Waals surface area contributed by atoms with Gasteiger partial charge in [0.15, 0.2) is 0 Å². The normalized spacial score (nSPS) is 19.9. The van der Waals surface area contributed by atoms with Gasteiger partial charge in [0, 0.05) is 30.4 Å². The minimum Gasteiger partial charge on any atom is -0.495 e. The van der Waals surface area contributed by atoms with Crippen LogP contribution in [0.1, 0.15) is 48.5 Å². The van der Waals surface area contributed by atoms with Crippen molar-refractivity contribution >= 4 is 21.6 Å². The van der Waals surface area contributed by atoms with Gasteiger partial charge >= 0.3 is 0 Å². The van der Waals surface area contributed by atoms with E-state index in [-0.39, 0.29) is 22.6 Å². The van der Waals surface area contributed by atoms with Crippen LogP contribution in [0.25, 0.3) is 0 Å². The molecule has 1 atom stereocenters. The van der Waals surface area contributed by atoms with Crippen LogP contribution in [0.2, 0.25) is 0 Å². The molecule has 4 rings (SSSR count). The van der Waals surface area contributed by atoms with E-state index in [1.807, 2.05) is 31.2 Å². The third-order valence-electron chi connectivity index (χ3n) is 6.09. The van der Waals surface area contributed by atoms with E-state index in [0.717, 1.165) is 43.4 Å². The van der Waals surface area contributed by atoms with Crippen LogP contribution >= 0.6 is 0 Å². The molecule has 0 spiro atoms. The Morgan fingerprint density at radius 2 is 1.87 bits per heavy atom. The second-order valence-corrected chi connectivity index (χ2v) is 9.87. The molecule has 0 bridgehead atoms. The number of methoxy groups -OCH3 is 1. The lowest BCUT2D eigenvalue weighted by molar-refractivity contribution is 0.0985. The second-order valence-electron chi connectivity index (χ2n) is 8.02. The third-order valence-corrected chi connectivity index (χ3v) is 8.13. The van der Waals surface area contributed by atoms with E-state index in [4.69, 9.17) is 4.74 Å². The number of carbonyl (C=O) groups excluding carboxylic acids is 1. The number of nitrogens with zero attached hydrogens (tertiary/aromatic N) is 2. The van der Waals surface area contributed by atoms with Crippen molar-refractivity contribution in [2.45, 2.75) is 50.0 Å². The van der Waals surface area contributed by atoms with Crippen LogP contribution in [0.15, 0.2) is 47.4 Å². The van der Waals surface area contributed by atoms with Gasteiger partial charge in [0.05, 0.1) is 7.11 Å². The average molecular weight is 429 g/mol. The Bertz CT molecular complexity index is 1050. The molecular weight excluding hydrogens is 400 g/mol. The van der Waals surface area contributed by atoms with E-state index in [2.05, 4.69) is 0 Å². The van der Waals surface area contributed by atoms with Crippen molar-refractivity contribution in [2.24, 2.45) is 0 Å². The average Bonchev–Trinajstić information content (AvgIpc) is 2.78. The molecule has 7 heteroatoms. The van der Waals surface area contributed by atoms with E-state index in [9.17, 15) is 13.2 Å². The first-order valence-corrected chi connectivity index (χ1v) is 12.0. The highest BCUT2D eigenvalue weighted by Crippen LogP contribution is 2.33. The molecule has 1 saturated heterocycles. The van der Waals surface area contributed by atoms with Crippen LogP contribution in [-0.2, 0) is 16.4 Å². The van der Waals surface area contributed by atoms with Crippen molar-refractivity contribution < 1.29 is 17.9 Å². The maximum atomic E-state index is 13.4. The quantitative estimate of drug-likeness (QED) is 0.742. The van der Waals surface area contributed by atoms with Gasteiger partial charge in [-0.05, 0) is 62.4 Å². The van der Waals surface area contributed by atoms with Gasteiger partial charge in [-0.15, -0.1) is 0 Å². The van der Waals surface area contributed by atoms with Crippen molar-refractivity contribution in [3.63, 3.8) is 0 Å². The fourth-order valence-corrected chi connectivity index (χ4v) is 6.35. The van der Waals surface area contributed by atoms with Gasteiger partial charge in [-0.25, -0.2) is 8.42 Å². The van der Waals surface area contributed by atoms with Gasteiger partial charge in [-0.2, -0.15) is 4.31 Å². The fourth-order valence-electron chi connectivity index (χ4n) is 4.47. The maximum Gasteiger partial charge on any atom is 0.258 e. The van der Waals surface area contributed by atoms with Gasteiger partial charge in [-0.3, -0.25) is 4.79 Å². The third kappa shape index (κ3) is 3.72. The van der Waals surface area contributed by atoms with Crippen molar-refractivity contribution in [1.82, 2.24) is 4.31 Å². The molecule has 0 saturated carbocycles. The first kappa shape index (κ1) is 20.9. The Morgan fingerprint density at radius 3 is 2.63 bits per heavy atom. The summed E-state index contributed by atoms with van der Waals surface area (Å²) < 4.78 is 33.8. The monoisotopic (exact) mass is 428 g/mol. The number of piperidine rings is 1. The number of rotatable bonds is 4. The molecule has 1 fully saturated rings. The zero-order valence-electron chi connectivity index (χ0n) is 17.5. The minimum absolute atomic E-state index is 0.0647. The Balaban J connectivity index is 1.72. The lowest BCUT2D eigenvalue weighted by Gasteiger charge is -2.33. The van der Waals surface area contributed by atoms with E-state index < -0.39 is 10.0 Å². The second kappa shape index (κ2) is 8.40. The molecule has 2 heterocycles. The number of ether oxygens (including phenoxy) is 1. The fraction of sp³-hybridized carbons (Fsp3) is 0.435. The smallest absolute Gasteiger partial charge is 0.258 e.